The van der Waals surface area contributed by atoms with Gasteiger partial charge in [-0.15, -0.1) is 0 Å². The quantitative estimate of drug-likeness (QED) is 0.864. The van der Waals surface area contributed by atoms with E-state index in [2.05, 4.69) is 42.0 Å². The summed E-state index contributed by atoms with van der Waals surface area (Å²) in [6, 6.07) is 0. The van der Waals surface area contributed by atoms with E-state index in [0.29, 0.717) is 5.95 Å². The van der Waals surface area contributed by atoms with Crippen molar-refractivity contribution in [1.29, 1.82) is 0 Å². The SMILES string of the molecule is CCNc1nc(N2CCN(CC)CC2)c2[nH]cnc2n1. The van der Waals surface area contributed by atoms with Crippen LogP contribution in [0.3, 0.4) is 0 Å². The molecule has 1 aliphatic heterocycles. The van der Waals surface area contributed by atoms with Crippen LogP contribution in [-0.4, -0.2) is 64.1 Å². The Morgan fingerprint density at radius 3 is 2.70 bits per heavy atom. The maximum absolute atomic E-state index is 4.65. The smallest absolute Gasteiger partial charge is 0.226 e. The van der Waals surface area contributed by atoms with Gasteiger partial charge in [0.2, 0.25) is 5.95 Å². The van der Waals surface area contributed by atoms with Crippen molar-refractivity contribution < 1.29 is 0 Å². The van der Waals surface area contributed by atoms with Gasteiger partial charge >= 0.3 is 0 Å². The van der Waals surface area contributed by atoms with E-state index in [1.165, 1.54) is 0 Å². The summed E-state index contributed by atoms with van der Waals surface area (Å²) in [5, 5.41) is 3.18. The van der Waals surface area contributed by atoms with Crippen molar-refractivity contribution in [3.8, 4) is 0 Å². The number of hydrogen-bond donors (Lipinski definition) is 2. The van der Waals surface area contributed by atoms with Crippen LogP contribution in [0.4, 0.5) is 11.8 Å². The number of H-pyrrole nitrogens is 1. The Bertz CT molecular complexity index is 571. The molecule has 2 aromatic heterocycles. The summed E-state index contributed by atoms with van der Waals surface area (Å²) in [5.74, 6) is 1.61. The van der Waals surface area contributed by atoms with Gasteiger partial charge in [-0.3, -0.25) is 0 Å². The molecule has 7 nitrogen and oxygen atoms in total. The van der Waals surface area contributed by atoms with Crippen molar-refractivity contribution in [3.63, 3.8) is 0 Å². The van der Waals surface area contributed by atoms with Crippen LogP contribution in [0.5, 0.6) is 0 Å². The van der Waals surface area contributed by atoms with Gasteiger partial charge in [-0.2, -0.15) is 9.97 Å². The Hall–Kier alpha value is -1.89. The molecule has 0 bridgehead atoms. The molecule has 0 saturated carbocycles. The van der Waals surface area contributed by atoms with Gasteiger partial charge < -0.3 is 20.1 Å². The maximum atomic E-state index is 4.65. The molecule has 0 spiro atoms. The molecule has 1 aliphatic rings. The second kappa shape index (κ2) is 5.62. The fourth-order valence-corrected chi connectivity index (χ4v) is 2.56. The average Bonchev–Trinajstić information content (AvgIpc) is 2.95. The highest BCUT2D eigenvalue weighted by atomic mass is 15.3. The summed E-state index contributed by atoms with van der Waals surface area (Å²) >= 11 is 0. The first kappa shape index (κ1) is 13.1. The molecule has 3 rings (SSSR count). The molecule has 2 aromatic rings. The average molecular weight is 275 g/mol. The van der Waals surface area contributed by atoms with E-state index in [1.807, 2.05) is 6.92 Å². The number of anilines is 2. The molecular weight excluding hydrogens is 254 g/mol. The predicted molar refractivity (Wildman–Crippen MR) is 80.2 cm³/mol. The Morgan fingerprint density at radius 1 is 1.20 bits per heavy atom. The highest BCUT2D eigenvalue weighted by Gasteiger charge is 2.20. The molecule has 20 heavy (non-hydrogen) atoms. The summed E-state index contributed by atoms with van der Waals surface area (Å²) in [4.78, 5) is 21.3. The molecule has 2 N–H and O–H groups in total. The van der Waals surface area contributed by atoms with Crippen molar-refractivity contribution in [2.75, 3.05) is 49.5 Å². The number of aromatic nitrogens is 4. The van der Waals surface area contributed by atoms with E-state index in [0.717, 1.165) is 56.3 Å². The fourth-order valence-electron chi connectivity index (χ4n) is 2.56. The molecule has 0 unspecified atom stereocenters. The highest BCUT2D eigenvalue weighted by Crippen LogP contribution is 2.23. The van der Waals surface area contributed by atoms with Crippen LogP contribution >= 0.6 is 0 Å². The first-order chi connectivity index (χ1) is 9.81. The van der Waals surface area contributed by atoms with Gasteiger partial charge in [0, 0.05) is 32.7 Å². The first-order valence-corrected chi connectivity index (χ1v) is 7.24. The van der Waals surface area contributed by atoms with Gasteiger partial charge in [0.05, 0.1) is 6.33 Å². The number of hydrogen-bond acceptors (Lipinski definition) is 6. The van der Waals surface area contributed by atoms with E-state index < -0.39 is 0 Å². The van der Waals surface area contributed by atoms with Gasteiger partial charge in [0.15, 0.2) is 11.5 Å². The summed E-state index contributed by atoms with van der Waals surface area (Å²) in [6.45, 7) is 10.3. The molecule has 3 heterocycles. The van der Waals surface area contributed by atoms with Crippen LogP contribution < -0.4 is 10.2 Å². The van der Waals surface area contributed by atoms with E-state index in [-0.39, 0.29) is 0 Å². The van der Waals surface area contributed by atoms with Gasteiger partial charge in [0.1, 0.15) is 5.52 Å². The fraction of sp³-hybridized carbons (Fsp3) is 0.615. The van der Waals surface area contributed by atoms with E-state index in [4.69, 9.17) is 0 Å². The summed E-state index contributed by atoms with van der Waals surface area (Å²) in [5.41, 5.74) is 1.65. The lowest BCUT2D eigenvalue weighted by atomic mass is 10.3. The molecule has 7 heteroatoms. The van der Waals surface area contributed by atoms with E-state index >= 15 is 0 Å². The lowest BCUT2D eigenvalue weighted by molar-refractivity contribution is 0.271. The van der Waals surface area contributed by atoms with Gasteiger partial charge in [-0.05, 0) is 13.5 Å². The zero-order chi connectivity index (χ0) is 13.9. The Morgan fingerprint density at radius 2 is 2.00 bits per heavy atom. The van der Waals surface area contributed by atoms with Crippen molar-refractivity contribution in [3.05, 3.63) is 6.33 Å². The predicted octanol–water partition coefficient (Wildman–Crippen LogP) is 0.927. The third-order valence-electron chi connectivity index (χ3n) is 3.72. The third kappa shape index (κ3) is 2.40. The number of imidazole rings is 1. The summed E-state index contributed by atoms with van der Waals surface area (Å²) in [7, 11) is 0. The maximum Gasteiger partial charge on any atom is 0.226 e. The zero-order valence-electron chi connectivity index (χ0n) is 12.1. The Balaban J connectivity index is 1.91. The van der Waals surface area contributed by atoms with Crippen molar-refractivity contribution in [2.45, 2.75) is 13.8 Å². The van der Waals surface area contributed by atoms with Crippen LogP contribution in [0.25, 0.3) is 11.2 Å². The number of piperazine rings is 1. The lowest BCUT2D eigenvalue weighted by Crippen LogP contribution is -2.46. The van der Waals surface area contributed by atoms with Crippen molar-refractivity contribution in [2.24, 2.45) is 0 Å². The minimum atomic E-state index is 0.653. The lowest BCUT2D eigenvalue weighted by Gasteiger charge is -2.34. The van der Waals surface area contributed by atoms with E-state index in [1.54, 1.807) is 6.33 Å². The number of likely N-dealkylation sites (N-methyl/N-ethyl adjacent to an activating group) is 1. The van der Waals surface area contributed by atoms with Crippen LogP contribution in [0.1, 0.15) is 13.8 Å². The Labute approximate surface area is 118 Å². The Kier molecular flexibility index (Phi) is 3.68. The first-order valence-electron chi connectivity index (χ1n) is 7.24. The van der Waals surface area contributed by atoms with Crippen molar-refractivity contribution in [1.82, 2.24) is 24.8 Å². The molecule has 0 aliphatic carbocycles. The monoisotopic (exact) mass is 275 g/mol. The number of nitrogens with one attached hydrogen (secondary N) is 2. The highest BCUT2D eigenvalue weighted by molar-refractivity contribution is 5.84. The van der Waals surface area contributed by atoms with E-state index in [9.17, 15) is 0 Å². The number of fused-ring (bicyclic) bond motifs is 1. The second-order valence-electron chi connectivity index (χ2n) is 4.92. The normalized spacial score (nSPS) is 16.8. The topological polar surface area (TPSA) is 73.0 Å². The molecular formula is C13H21N7. The third-order valence-corrected chi connectivity index (χ3v) is 3.72. The van der Waals surface area contributed by atoms with Crippen LogP contribution in [0.2, 0.25) is 0 Å². The van der Waals surface area contributed by atoms with Crippen LogP contribution in [0.15, 0.2) is 6.33 Å². The summed E-state index contributed by atoms with van der Waals surface area (Å²) in [6.07, 6.45) is 1.68. The minimum absolute atomic E-state index is 0.653. The summed E-state index contributed by atoms with van der Waals surface area (Å²) < 4.78 is 0. The van der Waals surface area contributed by atoms with Gasteiger partial charge in [-0.1, -0.05) is 6.92 Å². The molecule has 108 valence electrons. The van der Waals surface area contributed by atoms with Gasteiger partial charge in [0.25, 0.3) is 0 Å². The molecule has 1 saturated heterocycles. The number of rotatable bonds is 4. The molecule has 0 atom stereocenters. The second-order valence-corrected chi connectivity index (χ2v) is 4.92. The molecule has 0 aromatic carbocycles. The molecule has 1 fully saturated rings. The van der Waals surface area contributed by atoms with Crippen molar-refractivity contribution >= 4 is 22.9 Å². The minimum Gasteiger partial charge on any atom is -0.354 e. The number of nitrogens with zero attached hydrogens (tertiary/aromatic N) is 5. The number of aromatic amines is 1. The standard InChI is InChI=1S/C13H21N7/c1-3-14-13-17-11-10(15-9-16-11)12(18-13)20-7-5-19(4-2)6-8-20/h9H,3-8H2,1-2H3,(H2,14,15,16,17,18). The molecule has 0 amide bonds. The van der Waals surface area contributed by atoms with Crippen LogP contribution in [-0.2, 0) is 0 Å². The largest absolute Gasteiger partial charge is 0.354 e. The van der Waals surface area contributed by atoms with Crippen LogP contribution in [0, 0.1) is 0 Å². The van der Waals surface area contributed by atoms with Gasteiger partial charge in [-0.25, -0.2) is 4.98 Å². The molecule has 0 radical (unpaired) electrons. The zero-order valence-corrected chi connectivity index (χ0v) is 12.1.